The molecule has 26 heavy (non-hydrogen) atoms. The molecule has 8 heteroatoms. The van der Waals surface area contributed by atoms with Gasteiger partial charge in [-0.25, -0.2) is 9.87 Å². The van der Waals surface area contributed by atoms with Crippen LogP contribution in [0.2, 0.25) is 5.02 Å². The summed E-state index contributed by atoms with van der Waals surface area (Å²) in [7, 11) is 0. The highest BCUT2D eigenvalue weighted by Crippen LogP contribution is 2.38. The second-order valence-corrected chi connectivity index (χ2v) is 7.85. The number of anilines is 2. The van der Waals surface area contributed by atoms with Gasteiger partial charge in [0.25, 0.3) is 5.91 Å². The maximum Gasteiger partial charge on any atom is 0.276 e. The zero-order valence-corrected chi connectivity index (χ0v) is 16.6. The molecule has 138 valence electrons. The van der Waals surface area contributed by atoms with E-state index >= 15 is 0 Å². The number of benzene rings is 2. The van der Waals surface area contributed by atoms with Gasteiger partial charge in [-0.15, -0.1) is 0 Å². The van der Waals surface area contributed by atoms with Gasteiger partial charge in [0.1, 0.15) is 5.82 Å². The quantitative estimate of drug-likeness (QED) is 0.306. The van der Waals surface area contributed by atoms with E-state index in [-0.39, 0.29) is 17.9 Å². The zero-order chi connectivity index (χ0) is 18.7. The first-order valence-corrected chi connectivity index (χ1v) is 9.48. The highest BCUT2D eigenvalue weighted by molar-refractivity contribution is 14.1. The molecule has 1 aliphatic rings. The van der Waals surface area contributed by atoms with Crippen molar-refractivity contribution in [1.29, 1.82) is 0 Å². The summed E-state index contributed by atoms with van der Waals surface area (Å²) in [5.74, 6) is -1.00. The maximum atomic E-state index is 13.7. The summed E-state index contributed by atoms with van der Waals surface area (Å²) in [5, 5.41) is 13.2. The number of carbonyl (C=O) groups excluding carboxylic acids is 1. The molecular formula is C18H17ClFIN2O3. The Morgan fingerprint density at radius 3 is 2.73 bits per heavy atom. The Kier molecular flexibility index (Phi) is 6.01. The third-order valence-corrected chi connectivity index (χ3v) is 5.07. The Morgan fingerprint density at radius 2 is 2.04 bits per heavy atom. The van der Waals surface area contributed by atoms with E-state index in [9.17, 15) is 14.3 Å². The van der Waals surface area contributed by atoms with E-state index in [1.165, 1.54) is 18.2 Å². The fraction of sp³-hybridized carbons (Fsp3) is 0.278. The summed E-state index contributed by atoms with van der Waals surface area (Å²) in [6.07, 6.45) is 1.97. The number of carbonyl (C=O) groups is 1. The van der Waals surface area contributed by atoms with Gasteiger partial charge in [-0.05, 0) is 71.8 Å². The SMILES string of the molecule is O=C(NOCCC1(O)CC1)c1ccc(F)cc1Nc1ccc(I)cc1Cl. The van der Waals surface area contributed by atoms with Crippen molar-refractivity contribution in [2.75, 3.05) is 11.9 Å². The van der Waals surface area contributed by atoms with Crippen LogP contribution in [0.3, 0.4) is 0 Å². The van der Waals surface area contributed by atoms with Crippen molar-refractivity contribution in [3.8, 4) is 0 Å². The van der Waals surface area contributed by atoms with Crippen LogP contribution >= 0.6 is 34.2 Å². The first-order valence-electron chi connectivity index (χ1n) is 8.02. The number of aliphatic hydroxyl groups is 1. The molecule has 0 atom stereocenters. The summed E-state index contributed by atoms with van der Waals surface area (Å²) < 4.78 is 14.6. The van der Waals surface area contributed by atoms with Gasteiger partial charge < -0.3 is 10.4 Å². The van der Waals surface area contributed by atoms with E-state index in [4.69, 9.17) is 16.4 Å². The Balaban J connectivity index is 1.69. The van der Waals surface area contributed by atoms with Crippen LogP contribution in [0.15, 0.2) is 36.4 Å². The molecule has 0 aromatic heterocycles. The van der Waals surface area contributed by atoms with Gasteiger partial charge in [0, 0.05) is 9.99 Å². The largest absolute Gasteiger partial charge is 0.390 e. The van der Waals surface area contributed by atoms with E-state index in [1.54, 1.807) is 12.1 Å². The molecule has 1 fully saturated rings. The highest BCUT2D eigenvalue weighted by atomic mass is 127. The fourth-order valence-corrected chi connectivity index (χ4v) is 3.26. The summed E-state index contributed by atoms with van der Waals surface area (Å²) in [6, 6.07) is 9.14. The Bertz CT molecular complexity index is 830. The number of hydroxylamine groups is 1. The molecule has 3 N–H and O–H groups in total. The molecule has 2 aromatic rings. The summed E-state index contributed by atoms with van der Waals surface area (Å²) >= 11 is 8.33. The molecule has 0 heterocycles. The van der Waals surface area contributed by atoms with Crippen molar-refractivity contribution in [2.45, 2.75) is 24.9 Å². The molecule has 1 saturated carbocycles. The van der Waals surface area contributed by atoms with E-state index < -0.39 is 17.3 Å². The lowest BCUT2D eigenvalue weighted by Crippen LogP contribution is -2.26. The standard InChI is InChI=1S/C18H17ClFIN2O3/c19-14-10-12(21)2-4-15(14)22-16-9-11(20)1-3-13(16)17(24)23-26-8-7-18(25)5-6-18/h1-4,9-10,22,25H,5-8H2,(H,23,24). The number of amides is 1. The van der Waals surface area contributed by atoms with Gasteiger partial charge in [0.05, 0.1) is 34.2 Å². The molecule has 1 amide bonds. The van der Waals surface area contributed by atoms with Crippen LogP contribution in [0.25, 0.3) is 0 Å². The van der Waals surface area contributed by atoms with Crippen molar-refractivity contribution in [3.63, 3.8) is 0 Å². The first-order chi connectivity index (χ1) is 12.4. The van der Waals surface area contributed by atoms with Crippen molar-refractivity contribution in [1.82, 2.24) is 5.48 Å². The lowest BCUT2D eigenvalue weighted by molar-refractivity contribution is 0.0120. The molecule has 0 saturated heterocycles. The van der Waals surface area contributed by atoms with E-state index in [0.717, 1.165) is 16.4 Å². The summed E-state index contributed by atoms with van der Waals surface area (Å²) in [4.78, 5) is 17.5. The minimum Gasteiger partial charge on any atom is -0.390 e. The van der Waals surface area contributed by atoms with E-state index in [0.29, 0.717) is 17.1 Å². The van der Waals surface area contributed by atoms with Gasteiger partial charge in [0.2, 0.25) is 0 Å². The lowest BCUT2D eigenvalue weighted by atomic mass is 10.1. The third-order valence-electron chi connectivity index (χ3n) is 4.09. The molecule has 2 aromatic carbocycles. The van der Waals surface area contributed by atoms with Crippen LogP contribution in [0, 0.1) is 9.39 Å². The van der Waals surface area contributed by atoms with Crippen LogP contribution in [0.5, 0.6) is 0 Å². The average Bonchev–Trinajstić information content (AvgIpc) is 3.32. The molecule has 3 rings (SSSR count). The fourth-order valence-electron chi connectivity index (χ4n) is 2.36. The third kappa shape index (κ3) is 5.06. The molecule has 1 aliphatic carbocycles. The predicted octanol–water partition coefficient (Wildman–Crippen LogP) is 4.40. The van der Waals surface area contributed by atoms with Gasteiger partial charge in [-0.2, -0.15) is 0 Å². The van der Waals surface area contributed by atoms with E-state index in [1.807, 2.05) is 6.07 Å². The summed E-state index contributed by atoms with van der Waals surface area (Å²) in [6.45, 7) is 0.204. The van der Waals surface area contributed by atoms with Crippen molar-refractivity contribution in [3.05, 3.63) is 56.4 Å². The molecule has 0 spiro atoms. The second-order valence-electron chi connectivity index (χ2n) is 6.19. The Morgan fingerprint density at radius 1 is 1.27 bits per heavy atom. The van der Waals surface area contributed by atoms with Crippen LogP contribution in [0.4, 0.5) is 15.8 Å². The number of rotatable bonds is 7. The number of hydrogen-bond acceptors (Lipinski definition) is 4. The van der Waals surface area contributed by atoms with Gasteiger partial charge in [-0.1, -0.05) is 11.6 Å². The smallest absolute Gasteiger partial charge is 0.276 e. The highest BCUT2D eigenvalue weighted by Gasteiger charge is 2.39. The van der Waals surface area contributed by atoms with Gasteiger partial charge in [0.15, 0.2) is 0 Å². The zero-order valence-electron chi connectivity index (χ0n) is 13.7. The van der Waals surface area contributed by atoms with Gasteiger partial charge in [-0.3, -0.25) is 9.63 Å². The molecule has 5 nitrogen and oxygen atoms in total. The molecule has 0 unspecified atom stereocenters. The monoisotopic (exact) mass is 490 g/mol. The number of nitrogens with one attached hydrogen (secondary N) is 2. The normalized spacial score (nSPS) is 14.8. The lowest BCUT2D eigenvalue weighted by Gasteiger charge is -2.14. The first kappa shape index (κ1) is 19.3. The molecule has 0 bridgehead atoms. The van der Waals surface area contributed by atoms with Crippen LogP contribution in [-0.4, -0.2) is 23.2 Å². The second kappa shape index (κ2) is 8.08. The van der Waals surface area contributed by atoms with Crippen LogP contribution < -0.4 is 10.8 Å². The molecular weight excluding hydrogens is 474 g/mol. The van der Waals surface area contributed by atoms with Crippen molar-refractivity contribution in [2.24, 2.45) is 0 Å². The van der Waals surface area contributed by atoms with Crippen LogP contribution in [-0.2, 0) is 4.84 Å². The van der Waals surface area contributed by atoms with Gasteiger partial charge >= 0.3 is 0 Å². The molecule has 0 aliphatic heterocycles. The predicted molar refractivity (Wildman–Crippen MR) is 106 cm³/mol. The number of hydrogen-bond donors (Lipinski definition) is 3. The average molecular weight is 491 g/mol. The molecule has 0 radical (unpaired) electrons. The Labute approximate surface area is 169 Å². The number of halogens is 3. The van der Waals surface area contributed by atoms with Crippen molar-refractivity contribution < 1.29 is 19.1 Å². The van der Waals surface area contributed by atoms with Crippen molar-refractivity contribution >= 4 is 51.5 Å². The minimum atomic E-state index is -0.644. The van der Waals surface area contributed by atoms with Crippen LogP contribution in [0.1, 0.15) is 29.6 Å². The Hall–Kier alpha value is -1.42. The summed E-state index contributed by atoms with van der Waals surface area (Å²) in [5.41, 5.74) is 2.72. The topological polar surface area (TPSA) is 70.6 Å². The van der Waals surface area contributed by atoms with E-state index in [2.05, 4.69) is 33.4 Å². The minimum absolute atomic E-state index is 0.204. The maximum absolute atomic E-state index is 13.7.